The van der Waals surface area contributed by atoms with Crippen molar-refractivity contribution in [2.75, 3.05) is 5.32 Å². The number of hydrogen-bond acceptors (Lipinski definition) is 5. The third-order valence-corrected chi connectivity index (χ3v) is 6.09. The van der Waals surface area contributed by atoms with Crippen LogP contribution < -0.4 is 15.4 Å². The van der Waals surface area contributed by atoms with E-state index in [1.807, 2.05) is 54.6 Å². The molecule has 1 aliphatic carbocycles. The zero-order valence-electron chi connectivity index (χ0n) is 17.3. The topological polar surface area (TPSA) is 76.1 Å². The van der Waals surface area contributed by atoms with Gasteiger partial charge in [0.1, 0.15) is 6.10 Å². The fraction of sp³-hybridized carbons (Fsp3) is 0.292. The van der Waals surface area contributed by atoms with Crippen molar-refractivity contribution in [3.05, 3.63) is 78.1 Å². The highest BCUT2D eigenvalue weighted by Gasteiger charge is 2.18. The fourth-order valence-corrected chi connectivity index (χ4v) is 4.31. The molecule has 0 atom stereocenters. The van der Waals surface area contributed by atoms with E-state index in [-0.39, 0.29) is 12.1 Å². The molecule has 0 spiro atoms. The van der Waals surface area contributed by atoms with Gasteiger partial charge in [-0.3, -0.25) is 0 Å². The molecule has 0 bridgehead atoms. The van der Waals surface area contributed by atoms with Crippen LogP contribution in [0.15, 0.2) is 72.0 Å². The van der Waals surface area contributed by atoms with Crippen LogP contribution in [0.2, 0.25) is 0 Å². The molecule has 2 N–H and O–H groups in total. The lowest BCUT2D eigenvalue weighted by Gasteiger charge is -2.15. The van der Waals surface area contributed by atoms with Gasteiger partial charge in [-0.1, -0.05) is 24.3 Å². The van der Waals surface area contributed by atoms with Crippen molar-refractivity contribution in [3.63, 3.8) is 0 Å². The molecule has 160 valence electrons. The van der Waals surface area contributed by atoms with Crippen molar-refractivity contribution in [1.29, 1.82) is 0 Å². The van der Waals surface area contributed by atoms with Gasteiger partial charge in [0.05, 0.1) is 5.03 Å². The predicted molar refractivity (Wildman–Crippen MR) is 123 cm³/mol. The van der Waals surface area contributed by atoms with Gasteiger partial charge in [0.15, 0.2) is 0 Å². The fourth-order valence-electron chi connectivity index (χ4n) is 3.51. The Kier molecular flexibility index (Phi) is 7.39. The zero-order valence-corrected chi connectivity index (χ0v) is 18.1. The molecule has 0 radical (unpaired) electrons. The Morgan fingerprint density at radius 2 is 1.90 bits per heavy atom. The van der Waals surface area contributed by atoms with E-state index in [2.05, 4.69) is 20.6 Å². The van der Waals surface area contributed by atoms with E-state index < -0.39 is 0 Å². The van der Waals surface area contributed by atoms with Crippen LogP contribution in [0.4, 0.5) is 10.5 Å². The van der Waals surface area contributed by atoms with E-state index in [1.165, 1.54) is 12.8 Å². The van der Waals surface area contributed by atoms with Gasteiger partial charge in [-0.25, -0.2) is 14.8 Å². The molecular weight excluding hydrogens is 408 g/mol. The van der Waals surface area contributed by atoms with Crippen LogP contribution in [0, 0.1) is 0 Å². The molecule has 31 heavy (non-hydrogen) atoms. The first-order chi connectivity index (χ1) is 15.3. The zero-order chi connectivity index (χ0) is 21.3. The lowest BCUT2D eigenvalue weighted by molar-refractivity contribution is 0.199. The third kappa shape index (κ3) is 6.46. The van der Waals surface area contributed by atoms with Crippen molar-refractivity contribution < 1.29 is 9.53 Å². The average molecular weight is 435 g/mol. The van der Waals surface area contributed by atoms with E-state index in [9.17, 15) is 4.79 Å². The summed E-state index contributed by atoms with van der Waals surface area (Å²) in [6, 6.07) is 17.3. The summed E-state index contributed by atoms with van der Waals surface area (Å²) in [6.07, 6.45) is 8.28. The highest BCUT2D eigenvalue weighted by molar-refractivity contribution is 7.98. The number of hydrogen-bond donors (Lipinski definition) is 2. The monoisotopic (exact) mass is 434 g/mol. The summed E-state index contributed by atoms with van der Waals surface area (Å²) in [4.78, 5) is 21.1. The second kappa shape index (κ2) is 10.8. The van der Waals surface area contributed by atoms with Gasteiger partial charge in [-0.15, -0.1) is 11.8 Å². The van der Waals surface area contributed by atoms with Crippen LogP contribution in [0.5, 0.6) is 5.88 Å². The molecule has 2 amide bonds. The Bertz CT molecular complexity index is 994. The minimum atomic E-state index is -0.259. The molecule has 1 fully saturated rings. The Morgan fingerprint density at radius 1 is 1.03 bits per heavy atom. The standard InChI is InChI=1S/C24H26N4O2S/c29-24(27-16-19-8-6-14-26-23(19)30-21-10-1-2-11-21)28-20-9-5-7-18(15-20)17-31-22-12-3-4-13-25-22/h3-9,12-15,21H,1-2,10-11,16-17H2,(H2,27,28,29). The van der Waals surface area contributed by atoms with E-state index in [1.54, 1.807) is 24.2 Å². The van der Waals surface area contributed by atoms with Crippen LogP contribution in [-0.4, -0.2) is 22.1 Å². The van der Waals surface area contributed by atoms with Crippen molar-refractivity contribution in [3.8, 4) is 5.88 Å². The number of anilines is 1. The number of nitrogens with zero attached hydrogens (tertiary/aromatic N) is 2. The highest BCUT2D eigenvalue weighted by atomic mass is 32.2. The maximum absolute atomic E-state index is 12.4. The lowest BCUT2D eigenvalue weighted by Crippen LogP contribution is -2.28. The first-order valence-corrected chi connectivity index (χ1v) is 11.5. The largest absolute Gasteiger partial charge is 0.474 e. The van der Waals surface area contributed by atoms with Crippen molar-refractivity contribution >= 4 is 23.5 Å². The van der Waals surface area contributed by atoms with E-state index in [0.717, 1.165) is 40.4 Å². The SMILES string of the molecule is O=C(NCc1cccnc1OC1CCCC1)Nc1cccc(CSc2ccccn2)c1. The normalized spacial score (nSPS) is 13.7. The van der Waals surface area contributed by atoms with Gasteiger partial charge in [0.2, 0.25) is 5.88 Å². The number of amides is 2. The third-order valence-electron chi connectivity index (χ3n) is 5.08. The molecule has 2 aromatic heterocycles. The molecule has 1 saturated carbocycles. The summed E-state index contributed by atoms with van der Waals surface area (Å²) < 4.78 is 6.05. The van der Waals surface area contributed by atoms with Crippen LogP contribution >= 0.6 is 11.8 Å². The molecule has 1 aliphatic rings. The maximum Gasteiger partial charge on any atom is 0.319 e. The number of thioether (sulfide) groups is 1. The Hall–Kier alpha value is -3.06. The van der Waals surface area contributed by atoms with Gasteiger partial charge in [0, 0.05) is 35.9 Å². The second-order valence-electron chi connectivity index (χ2n) is 7.46. The van der Waals surface area contributed by atoms with Gasteiger partial charge < -0.3 is 15.4 Å². The number of ether oxygens (including phenoxy) is 1. The molecule has 0 unspecified atom stereocenters. The highest BCUT2D eigenvalue weighted by Crippen LogP contribution is 2.25. The molecule has 2 heterocycles. The number of carbonyl (C=O) groups excluding carboxylic acids is 1. The average Bonchev–Trinajstić information content (AvgIpc) is 3.31. The molecule has 4 rings (SSSR count). The predicted octanol–water partition coefficient (Wildman–Crippen LogP) is 5.41. The Labute approximate surface area is 186 Å². The van der Waals surface area contributed by atoms with Gasteiger partial charge in [-0.05, 0) is 61.6 Å². The van der Waals surface area contributed by atoms with Crippen molar-refractivity contribution in [1.82, 2.24) is 15.3 Å². The van der Waals surface area contributed by atoms with E-state index in [4.69, 9.17) is 4.74 Å². The van der Waals surface area contributed by atoms with Crippen LogP contribution in [0.1, 0.15) is 36.8 Å². The first kappa shape index (κ1) is 21.2. The minimum absolute atomic E-state index is 0.231. The van der Waals surface area contributed by atoms with Gasteiger partial charge in [0.25, 0.3) is 0 Å². The Balaban J connectivity index is 1.29. The van der Waals surface area contributed by atoms with Gasteiger partial charge >= 0.3 is 6.03 Å². The second-order valence-corrected chi connectivity index (χ2v) is 8.45. The van der Waals surface area contributed by atoms with E-state index in [0.29, 0.717) is 12.4 Å². The van der Waals surface area contributed by atoms with Crippen LogP contribution in [-0.2, 0) is 12.3 Å². The number of aromatic nitrogens is 2. The summed E-state index contributed by atoms with van der Waals surface area (Å²) in [7, 11) is 0. The number of urea groups is 1. The van der Waals surface area contributed by atoms with Crippen molar-refractivity contribution in [2.45, 2.75) is 49.1 Å². The quantitative estimate of drug-likeness (QED) is 0.464. The summed E-state index contributed by atoms with van der Waals surface area (Å²) >= 11 is 1.66. The van der Waals surface area contributed by atoms with Crippen LogP contribution in [0.3, 0.4) is 0 Å². The maximum atomic E-state index is 12.4. The smallest absolute Gasteiger partial charge is 0.319 e. The summed E-state index contributed by atoms with van der Waals surface area (Å²) in [5.41, 5.74) is 2.75. The van der Waals surface area contributed by atoms with E-state index >= 15 is 0 Å². The number of carbonyl (C=O) groups is 1. The molecule has 1 aromatic carbocycles. The lowest BCUT2D eigenvalue weighted by atomic mass is 10.2. The molecule has 3 aromatic rings. The van der Waals surface area contributed by atoms with Crippen LogP contribution in [0.25, 0.3) is 0 Å². The van der Waals surface area contributed by atoms with Gasteiger partial charge in [-0.2, -0.15) is 0 Å². The van der Waals surface area contributed by atoms with Crippen molar-refractivity contribution in [2.24, 2.45) is 0 Å². The minimum Gasteiger partial charge on any atom is -0.474 e. The number of nitrogens with one attached hydrogen (secondary N) is 2. The Morgan fingerprint density at radius 3 is 2.74 bits per heavy atom. The molecular formula is C24H26N4O2S. The summed E-state index contributed by atoms with van der Waals surface area (Å²) in [5.74, 6) is 1.40. The molecule has 0 aliphatic heterocycles. The first-order valence-electron chi connectivity index (χ1n) is 10.5. The molecule has 7 heteroatoms. The molecule has 0 saturated heterocycles. The molecule has 6 nitrogen and oxygen atoms in total. The number of pyridine rings is 2. The number of benzene rings is 1. The summed E-state index contributed by atoms with van der Waals surface area (Å²) in [5, 5.41) is 6.79. The summed E-state index contributed by atoms with van der Waals surface area (Å²) in [6.45, 7) is 0.358. The number of rotatable bonds is 8.